The number of nitrogens with one attached hydrogen (secondary N) is 1. The van der Waals surface area contributed by atoms with Gasteiger partial charge in [-0.3, -0.25) is 4.90 Å². The lowest BCUT2D eigenvalue weighted by molar-refractivity contribution is -0.0389. The van der Waals surface area contributed by atoms with E-state index in [4.69, 9.17) is 0 Å². The number of carbonyl (C=O) groups excluding carboxylic acids is 1. The predicted octanol–water partition coefficient (Wildman–Crippen LogP) is 3.41. The molecule has 1 N–H and O–H groups in total. The van der Waals surface area contributed by atoms with Gasteiger partial charge in [0.15, 0.2) is 0 Å². The van der Waals surface area contributed by atoms with Crippen LogP contribution in [0.1, 0.15) is 23.1 Å². The summed E-state index contributed by atoms with van der Waals surface area (Å²) in [6, 6.07) is 19.5. The fourth-order valence-electron chi connectivity index (χ4n) is 4.09. The molecule has 4 nitrogen and oxygen atoms in total. The van der Waals surface area contributed by atoms with Gasteiger partial charge in [-0.15, -0.1) is 0 Å². The van der Waals surface area contributed by atoms with Crippen LogP contribution in [0.25, 0.3) is 0 Å². The molecule has 2 aromatic rings. The molecule has 2 atom stereocenters. The fraction of sp³-hybridized carbons (Fsp3) is 0.409. The van der Waals surface area contributed by atoms with Gasteiger partial charge in [0.05, 0.1) is 0 Å². The third-order valence-electron chi connectivity index (χ3n) is 5.74. The standard InChI is InChI=1S/C22H27N3O/c1-17-7-9-18(10-8-17)13-23-22(26)24-12-11-20-15-25(21(20)16-24)14-19-5-3-2-4-6-19/h2-10,20-21H,11-16H2,1H3,(H,23,26)/t20-,21-/m1/s1. The summed E-state index contributed by atoms with van der Waals surface area (Å²) in [4.78, 5) is 17.1. The van der Waals surface area contributed by atoms with Crippen LogP contribution in [0.5, 0.6) is 0 Å². The number of fused-ring (bicyclic) bond motifs is 1. The molecule has 2 saturated heterocycles. The van der Waals surface area contributed by atoms with E-state index in [1.54, 1.807) is 0 Å². The van der Waals surface area contributed by atoms with Crippen LogP contribution in [0.4, 0.5) is 4.79 Å². The van der Waals surface area contributed by atoms with Gasteiger partial charge in [0, 0.05) is 38.8 Å². The number of rotatable bonds is 4. The summed E-state index contributed by atoms with van der Waals surface area (Å²) in [6.45, 7) is 6.54. The number of aryl methyl sites for hydroxylation is 1. The summed E-state index contributed by atoms with van der Waals surface area (Å²) >= 11 is 0. The summed E-state index contributed by atoms with van der Waals surface area (Å²) in [6.07, 6.45) is 1.12. The SMILES string of the molecule is Cc1ccc(CNC(=O)N2CC[C@@H]3CN(Cc4ccccc4)[C@@H]3C2)cc1. The monoisotopic (exact) mass is 349 g/mol. The Bertz CT molecular complexity index is 744. The molecule has 2 aliphatic rings. The molecule has 0 saturated carbocycles. The van der Waals surface area contributed by atoms with Gasteiger partial charge in [-0.25, -0.2) is 4.79 Å². The van der Waals surface area contributed by atoms with Crippen molar-refractivity contribution in [3.8, 4) is 0 Å². The summed E-state index contributed by atoms with van der Waals surface area (Å²) in [5.74, 6) is 0.750. The molecule has 2 aromatic carbocycles. The zero-order chi connectivity index (χ0) is 17.9. The van der Waals surface area contributed by atoms with Gasteiger partial charge >= 0.3 is 6.03 Å². The van der Waals surface area contributed by atoms with Gasteiger partial charge in [-0.05, 0) is 30.4 Å². The lowest BCUT2D eigenvalue weighted by atomic mass is 9.82. The van der Waals surface area contributed by atoms with Crippen LogP contribution in [0.3, 0.4) is 0 Å². The second-order valence-electron chi connectivity index (χ2n) is 7.62. The number of hydrogen-bond donors (Lipinski definition) is 1. The zero-order valence-electron chi connectivity index (χ0n) is 15.4. The lowest BCUT2D eigenvalue weighted by Crippen LogP contribution is -2.64. The van der Waals surface area contributed by atoms with E-state index < -0.39 is 0 Å². The first kappa shape index (κ1) is 17.1. The van der Waals surface area contributed by atoms with Gasteiger partial charge in [0.25, 0.3) is 0 Å². The second kappa shape index (κ2) is 7.50. The van der Waals surface area contributed by atoms with Crippen LogP contribution >= 0.6 is 0 Å². The van der Waals surface area contributed by atoms with Crippen molar-refractivity contribution in [2.24, 2.45) is 5.92 Å². The van der Waals surface area contributed by atoms with Crippen LogP contribution in [-0.4, -0.2) is 41.5 Å². The number of carbonyl (C=O) groups is 1. The minimum Gasteiger partial charge on any atom is -0.334 e. The number of likely N-dealkylation sites (tertiary alicyclic amines) is 2. The van der Waals surface area contributed by atoms with E-state index >= 15 is 0 Å². The molecule has 4 rings (SSSR count). The first-order valence-corrected chi connectivity index (χ1v) is 9.55. The molecular weight excluding hydrogens is 322 g/mol. The van der Waals surface area contributed by atoms with E-state index in [1.165, 1.54) is 17.7 Å². The molecule has 2 aliphatic heterocycles. The smallest absolute Gasteiger partial charge is 0.317 e. The molecule has 26 heavy (non-hydrogen) atoms. The maximum Gasteiger partial charge on any atom is 0.317 e. The van der Waals surface area contributed by atoms with E-state index in [1.807, 2.05) is 4.90 Å². The van der Waals surface area contributed by atoms with Crippen molar-refractivity contribution in [3.63, 3.8) is 0 Å². The summed E-state index contributed by atoms with van der Waals surface area (Å²) < 4.78 is 0. The third kappa shape index (κ3) is 3.75. The summed E-state index contributed by atoms with van der Waals surface area (Å²) in [5, 5.41) is 3.08. The Labute approximate surface area is 155 Å². The maximum atomic E-state index is 12.6. The summed E-state index contributed by atoms with van der Waals surface area (Å²) in [5.41, 5.74) is 3.74. The highest BCUT2D eigenvalue weighted by molar-refractivity contribution is 5.74. The average Bonchev–Trinajstić information content (AvgIpc) is 2.66. The quantitative estimate of drug-likeness (QED) is 0.918. The van der Waals surface area contributed by atoms with Crippen molar-refractivity contribution in [1.29, 1.82) is 0 Å². The van der Waals surface area contributed by atoms with Crippen LogP contribution in [-0.2, 0) is 13.1 Å². The number of nitrogens with zero attached hydrogens (tertiary/aromatic N) is 2. The van der Waals surface area contributed by atoms with Crippen molar-refractivity contribution in [1.82, 2.24) is 15.1 Å². The first-order valence-electron chi connectivity index (χ1n) is 9.55. The van der Waals surface area contributed by atoms with Crippen LogP contribution in [0, 0.1) is 12.8 Å². The molecule has 136 valence electrons. The number of urea groups is 1. The molecule has 0 unspecified atom stereocenters. The van der Waals surface area contributed by atoms with Gasteiger partial charge < -0.3 is 10.2 Å². The Balaban J connectivity index is 1.29. The predicted molar refractivity (Wildman–Crippen MR) is 104 cm³/mol. The Morgan fingerprint density at radius 1 is 1.04 bits per heavy atom. The van der Waals surface area contributed by atoms with Crippen LogP contribution in [0.2, 0.25) is 0 Å². The molecule has 2 amide bonds. The molecule has 2 heterocycles. The third-order valence-corrected chi connectivity index (χ3v) is 5.74. The molecule has 2 fully saturated rings. The molecule has 0 aromatic heterocycles. The number of hydrogen-bond acceptors (Lipinski definition) is 2. The van der Waals surface area contributed by atoms with Crippen molar-refractivity contribution in [2.45, 2.75) is 32.5 Å². The highest BCUT2D eigenvalue weighted by Gasteiger charge is 2.43. The molecule has 0 spiro atoms. The topological polar surface area (TPSA) is 35.6 Å². The van der Waals surface area contributed by atoms with Crippen molar-refractivity contribution in [3.05, 3.63) is 71.3 Å². The van der Waals surface area contributed by atoms with Gasteiger partial charge in [0.1, 0.15) is 0 Å². The van der Waals surface area contributed by atoms with Crippen molar-refractivity contribution < 1.29 is 4.79 Å². The largest absolute Gasteiger partial charge is 0.334 e. The van der Waals surface area contributed by atoms with Crippen LogP contribution < -0.4 is 5.32 Å². The second-order valence-corrected chi connectivity index (χ2v) is 7.62. The van der Waals surface area contributed by atoms with Crippen molar-refractivity contribution >= 4 is 6.03 Å². The van der Waals surface area contributed by atoms with E-state index in [2.05, 4.69) is 71.7 Å². The lowest BCUT2D eigenvalue weighted by Gasteiger charge is -2.53. The molecular formula is C22H27N3O. The average molecular weight is 349 g/mol. The zero-order valence-corrected chi connectivity index (χ0v) is 15.4. The van der Waals surface area contributed by atoms with Crippen LogP contribution in [0.15, 0.2) is 54.6 Å². The molecule has 4 heteroatoms. The highest BCUT2D eigenvalue weighted by atomic mass is 16.2. The number of amides is 2. The highest BCUT2D eigenvalue weighted by Crippen LogP contribution is 2.33. The minimum absolute atomic E-state index is 0.0654. The number of benzene rings is 2. The minimum atomic E-state index is 0.0654. The van der Waals surface area contributed by atoms with E-state index in [0.717, 1.165) is 37.5 Å². The molecule has 0 aliphatic carbocycles. The number of piperidine rings is 1. The normalized spacial score (nSPS) is 22.4. The van der Waals surface area contributed by atoms with Gasteiger partial charge in [-0.1, -0.05) is 60.2 Å². The Kier molecular flexibility index (Phi) is 4.93. The van der Waals surface area contributed by atoms with E-state index in [-0.39, 0.29) is 6.03 Å². The molecule has 0 radical (unpaired) electrons. The van der Waals surface area contributed by atoms with E-state index in [0.29, 0.717) is 12.6 Å². The first-order chi connectivity index (χ1) is 12.7. The maximum absolute atomic E-state index is 12.6. The summed E-state index contributed by atoms with van der Waals surface area (Å²) in [7, 11) is 0. The Morgan fingerprint density at radius 3 is 2.58 bits per heavy atom. The Hall–Kier alpha value is -2.33. The Morgan fingerprint density at radius 2 is 1.81 bits per heavy atom. The van der Waals surface area contributed by atoms with E-state index in [9.17, 15) is 4.79 Å². The fourth-order valence-corrected chi connectivity index (χ4v) is 4.09. The van der Waals surface area contributed by atoms with Crippen molar-refractivity contribution in [2.75, 3.05) is 19.6 Å². The van der Waals surface area contributed by atoms with Gasteiger partial charge in [0.2, 0.25) is 0 Å². The van der Waals surface area contributed by atoms with Gasteiger partial charge in [-0.2, -0.15) is 0 Å². The molecule has 0 bridgehead atoms.